The normalized spacial score (nSPS) is 10.7. The van der Waals surface area contributed by atoms with Gasteiger partial charge in [0, 0.05) is 0 Å². The number of benzene rings is 1. The van der Waals surface area contributed by atoms with Crippen LogP contribution in [0, 0.1) is 11.6 Å². The van der Waals surface area contributed by atoms with Crippen LogP contribution >= 0.6 is 11.6 Å². The fraction of sp³-hybridized carbons (Fsp3) is 0.200. The lowest BCUT2D eigenvalue weighted by atomic mass is 10.2. The summed E-state index contributed by atoms with van der Waals surface area (Å²) in [4.78, 5) is 3.83. The van der Waals surface area contributed by atoms with Crippen molar-refractivity contribution >= 4 is 11.6 Å². The fourth-order valence-corrected chi connectivity index (χ4v) is 1.56. The minimum absolute atomic E-state index is 0.0146. The van der Waals surface area contributed by atoms with E-state index in [0.717, 1.165) is 13.2 Å². The topological polar surface area (TPSA) is 74.2 Å². The molecule has 2 rings (SSSR count). The van der Waals surface area contributed by atoms with Crippen molar-refractivity contribution in [2.24, 2.45) is 5.73 Å². The average Bonchev–Trinajstić information content (AvgIpc) is 2.83. The molecule has 0 radical (unpaired) electrons. The standard InChI is InChI=1S/C10H8ClF2N3O2/c1-17-9-7(12)4(2-5(11)8(9)13)10-15-6(3-14)18-16-10/h2H,3,14H2,1H3. The third kappa shape index (κ3) is 2.02. The molecule has 0 unspecified atom stereocenters. The van der Waals surface area contributed by atoms with E-state index in [0.29, 0.717) is 0 Å². The summed E-state index contributed by atoms with van der Waals surface area (Å²) in [6.07, 6.45) is 0. The van der Waals surface area contributed by atoms with E-state index >= 15 is 0 Å². The van der Waals surface area contributed by atoms with Gasteiger partial charge in [0.05, 0.1) is 24.2 Å². The number of hydrogen-bond acceptors (Lipinski definition) is 5. The van der Waals surface area contributed by atoms with Crippen LogP contribution in [0.1, 0.15) is 5.89 Å². The first-order chi connectivity index (χ1) is 8.58. The predicted octanol–water partition coefficient (Wildman–Crippen LogP) is 2.14. The predicted molar refractivity (Wildman–Crippen MR) is 59.1 cm³/mol. The van der Waals surface area contributed by atoms with Crippen molar-refractivity contribution in [2.45, 2.75) is 6.54 Å². The van der Waals surface area contributed by atoms with Crippen molar-refractivity contribution in [3.8, 4) is 17.1 Å². The van der Waals surface area contributed by atoms with Crippen molar-refractivity contribution in [1.29, 1.82) is 0 Å². The van der Waals surface area contributed by atoms with E-state index in [1.807, 2.05) is 0 Å². The lowest BCUT2D eigenvalue weighted by Gasteiger charge is -2.07. The Balaban J connectivity index is 2.60. The summed E-state index contributed by atoms with van der Waals surface area (Å²) in [5.74, 6) is -2.49. The maximum Gasteiger partial charge on any atom is 0.240 e. The van der Waals surface area contributed by atoms with Gasteiger partial charge in [0.1, 0.15) is 0 Å². The maximum atomic E-state index is 13.9. The summed E-state index contributed by atoms with van der Waals surface area (Å²) >= 11 is 5.63. The number of aromatic nitrogens is 2. The first kappa shape index (κ1) is 12.7. The second-order valence-corrected chi connectivity index (χ2v) is 3.69. The molecule has 0 bridgehead atoms. The number of halogens is 3. The molecular formula is C10H8ClF2N3O2. The fourth-order valence-electron chi connectivity index (χ4n) is 1.37. The number of rotatable bonds is 3. The summed E-state index contributed by atoms with van der Waals surface area (Å²) < 4.78 is 36.7. The molecule has 0 saturated carbocycles. The molecule has 0 amide bonds. The Morgan fingerprint density at radius 2 is 2.17 bits per heavy atom. The minimum Gasteiger partial charge on any atom is -0.491 e. The van der Waals surface area contributed by atoms with E-state index in [4.69, 9.17) is 21.9 Å². The molecule has 2 aromatic rings. The van der Waals surface area contributed by atoms with Crippen molar-refractivity contribution in [1.82, 2.24) is 10.1 Å². The molecule has 96 valence electrons. The molecule has 18 heavy (non-hydrogen) atoms. The SMILES string of the molecule is COc1c(F)c(Cl)cc(-c2noc(CN)n2)c1F. The Morgan fingerprint density at radius 3 is 2.72 bits per heavy atom. The average molecular weight is 276 g/mol. The van der Waals surface area contributed by atoms with Gasteiger partial charge in [-0.05, 0) is 6.07 Å². The largest absolute Gasteiger partial charge is 0.491 e. The van der Waals surface area contributed by atoms with E-state index in [1.54, 1.807) is 0 Å². The van der Waals surface area contributed by atoms with Gasteiger partial charge in [0.15, 0.2) is 17.4 Å². The third-order valence-electron chi connectivity index (χ3n) is 2.20. The summed E-state index contributed by atoms with van der Waals surface area (Å²) in [6, 6.07) is 1.06. The van der Waals surface area contributed by atoms with Crippen LogP contribution in [-0.4, -0.2) is 17.3 Å². The summed E-state index contributed by atoms with van der Waals surface area (Å²) in [6.45, 7) is 0.0146. The molecule has 0 aliphatic carbocycles. The second-order valence-electron chi connectivity index (χ2n) is 3.28. The molecule has 2 N–H and O–H groups in total. The Hall–Kier alpha value is -1.73. The van der Waals surface area contributed by atoms with Gasteiger partial charge in [-0.3, -0.25) is 0 Å². The van der Waals surface area contributed by atoms with E-state index in [2.05, 4.69) is 14.9 Å². The molecule has 1 aromatic heterocycles. The highest BCUT2D eigenvalue weighted by molar-refractivity contribution is 6.31. The van der Waals surface area contributed by atoms with Gasteiger partial charge in [-0.2, -0.15) is 4.98 Å². The lowest BCUT2D eigenvalue weighted by Crippen LogP contribution is -1.98. The van der Waals surface area contributed by atoms with E-state index in [-0.39, 0.29) is 28.8 Å². The molecule has 0 spiro atoms. The number of ether oxygens (including phenoxy) is 1. The minimum atomic E-state index is -0.983. The zero-order valence-electron chi connectivity index (χ0n) is 9.21. The molecule has 5 nitrogen and oxygen atoms in total. The van der Waals surface area contributed by atoms with E-state index in [1.165, 1.54) is 0 Å². The van der Waals surface area contributed by atoms with Gasteiger partial charge >= 0.3 is 0 Å². The van der Waals surface area contributed by atoms with Crippen LogP contribution in [0.2, 0.25) is 5.02 Å². The first-order valence-corrected chi connectivity index (χ1v) is 5.20. The maximum absolute atomic E-state index is 13.9. The van der Waals surface area contributed by atoms with Crippen molar-refractivity contribution in [3.63, 3.8) is 0 Å². The highest BCUT2D eigenvalue weighted by Crippen LogP contribution is 2.34. The molecule has 0 aliphatic rings. The second kappa shape index (κ2) is 4.87. The monoisotopic (exact) mass is 275 g/mol. The quantitative estimate of drug-likeness (QED) is 0.869. The summed E-state index contributed by atoms with van der Waals surface area (Å²) in [5.41, 5.74) is 5.17. The molecule has 1 heterocycles. The van der Waals surface area contributed by atoms with E-state index in [9.17, 15) is 8.78 Å². The van der Waals surface area contributed by atoms with Crippen molar-refractivity contribution in [3.05, 3.63) is 28.6 Å². The summed E-state index contributed by atoms with van der Waals surface area (Å²) in [7, 11) is 1.13. The smallest absolute Gasteiger partial charge is 0.240 e. The Kier molecular flexibility index (Phi) is 3.44. The zero-order chi connectivity index (χ0) is 13.3. The molecule has 0 aliphatic heterocycles. The number of methoxy groups -OCH3 is 1. The number of hydrogen-bond donors (Lipinski definition) is 1. The van der Waals surface area contributed by atoms with Crippen LogP contribution in [0.15, 0.2) is 10.6 Å². The van der Waals surface area contributed by atoms with Gasteiger partial charge in [0.25, 0.3) is 0 Å². The van der Waals surface area contributed by atoms with Crippen LogP contribution in [0.5, 0.6) is 5.75 Å². The Labute approximate surface area is 105 Å². The zero-order valence-corrected chi connectivity index (χ0v) is 9.96. The van der Waals surface area contributed by atoms with Gasteiger partial charge < -0.3 is 15.0 Å². The Morgan fingerprint density at radius 1 is 1.44 bits per heavy atom. The van der Waals surface area contributed by atoms with Gasteiger partial charge in [-0.25, -0.2) is 8.78 Å². The van der Waals surface area contributed by atoms with Gasteiger partial charge in [0.2, 0.25) is 11.7 Å². The van der Waals surface area contributed by atoms with Gasteiger partial charge in [-0.1, -0.05) is 16.8 Å². The Bertz CT molecular complexity index is 589. The van der Waals surface area contributed by atoms with Crippen molar-refractivity contribution < 1.29 is 18.0 Å². The first-order valence-electron chi connectivity index (χ1n) is 4.83. The van der Waals surface area contributed by atoms with Crippen LogP contribution in [0.25, 0.3) is 11.4 Å². The molecule has 8 heteroatoms. The van der Waals surface area contributed by atoms with Gasteiger partial charge in [-0.15, -0.1) is 0 Å². The van der Waals surface area contributed by atoms with Crippen molar-refractivity contribution in [2.75, 3.05) is 7.11 Å². The third-order valence-corrected chi connectivity index (χ3v) is 2.48. The van der Waals surface area contributed by atoms with E-state index < -0.39 is 17.4 Å². The number of nitrogens with two attached hydrogens (primary N) is 1. The molecule has 1 aromatic carbocycles. The highest BCUT2D eigenvalue weighted by atomic mass is 35.5. The van der Waals surface area contributed by atoms with Crippen LogP contribution in [-0.2, 0) is 6.54 Å². The molecule has 0 atom stereocenters. The van der Waals surface area contributed by atoms with Crippen LogP contribution < -0.4 is 10.5 Å². The van der Waals surface area contributed by atoms with Crippen LogP contribution in [0.4, 0.5) is 8.78 Å². The molecule has 0 fully saturated rings. The highest BCUT2D eigenvalue weighted by Gasteiger charge is 2.22. The number of nitrogens with zero attached hydrogens (tertiary/aromatic N) is 2. The molecule has 0 saturated heterocycles. The van der Waals surface area contributed by atoms with Crippen LogP contribution in [0.3, 0.4) is 0 Å². The molecular weight excluding hydrogens is 268 g/mol. The summed E-state index contributed by atoms with van der Waals surface area (Å²) in [5, 5.41) is 3.22. The lowest BCUT2D eigenvalue weighted by molar-refractivity contribution is 0.360.